The lowest BCUT2D eigenvalue weighted by Crippen LogP contribution is -2.27. The lowest BCUT2D eigenvalue weighted by atomic mass is 10.1. The van der Waals surface area contributed by atoms with E-state index in [0.29, 0.717) is 25.5 Å². The van der Waals surface area contributed by atoms with Crippen molar-refractivity contribution >= 4 is 46.4 Å². The van der Waals surface area contributed by atoms with Gasteiger partial charge in [-0.2, -0.15) is 0 Å². The monoisotopic (exact) mass is 525 g/mol. The Morgan fingerprint density at radius 1 is 1.09 bits per heavy atom. The maximum Gasteiger partial charge on any atom is 0.319 e. The summed E-state index contributed by atoms with van der Waals surface area (Å²) in [6.07, 6.45) is 7.18. The molecular weight excluding hydrogens is 499 g/mol. The van der Waals surface area contributed by atoms with Gasteiger partial charge in [-0.15, -0.1) is 22.7 Å². The van der Waals surface area contributed by atoms with Crippen molar-refractivity contribution in [1.29, 1.82) is 0 Å². The highest BCUT2D eigenvalue weighted by Crippen LogP contribution is 2.34. The van der Waals surface area contributed by atoms with Crippen LogP contribution >= 0.6 is 34.4 Å². The number of carboxylic acid groups (broad SMARTS) is 1. The summed E-state index contributed by atoms with van der Waals surface area (Å²) in [7, 11) is 0. The van der Waals surface area contributed by atoms with E-state index in [1.165, 1.54) is 23.1 Å². The lowest BCUT2D eigenvalue weighted by molar-refractivity contribution is -0.138. The quantitative estimate of drug-likeness (QED) is 0.245. The predicted molar refractivity (Wildman–Crippen MR) is 143 cm³/mol. The number of hydrogen-bond acceptors (Lipinski definition) is 9. The fourth-order valence-corrected chi connectivity index (χ4v) is 6.11. The van der Waals surface area contributed by atoms with Crippen molar-refractivity contribution in [2.24, 2.45) is 0 Å². The Morgan fingerprint density at radius 2 is 1.83 bits per heavy atom. The van der Waals surface area contributed by atoms with Crippen LogP contribution in [0.5, 0.6) is 0 Å². The molecule has 0 aliphatic heterocycles. The molecule has 4 aromatic rings. The smallest absolute Gasteiger partial charge is 0.319 e. The molecule has 7 nitrogen and oxygen atoms in total. The number of thioether (sulfide) groups is 1. The largest absolute Gasteiger partial charge is 0.480 e. The van der Waals surface area contributed by atoms with E-state index < -0.39 is 10.7 Å². The molecule has 0 bridgehead atoms. The van der Waals surface area contributed by atoms with E-state index in [-0.39, 0.29) is 0 Å². The summed E-state index contributed by atoms with van der Waals surface area (Å²) in [5.74, 6) is -0.165. The average molecular weight is 526 g/mol. The van der Waals surface area contributed by atoms with Gasteiger partial charge in [0, 0.05) is 54.4 Å². The maximum atomic E-state index is 11.4. The maximum absolute atomic E-state index is 11.4. The molecule has 0 spiro atoms. The Balaban J connectivity index is 1.48. The fourth-order valence-electron chi connectivity index (χ4n) is 3.24. The Hall–Kier alpha value is -2.82. The summed E-state index contributed by atoms with van der Waals surface area (Å²) < 4.78 is -0.152. The van der Waals surface area contributed by atoms with Crippen LogP contribution in [0.3, 0.4) is 0 Å². The van der Waals surface area contributed by atoms with Crippen LogP contribution in [-0.2, 0) is 24.2 Å². The molecule has 3 heterocycles. The van der Waals surface area contributed by atoms with Gasteiger partial charge in [0.1, 0.15) is 9.75 Å². The van der Waals surface area contributed by atoms with Gasteiger partial charge in [-0.3, -0.25) is 4.79 Å². The van der Waals surface area contributed by atoms with E-state index in [1.54, 1.807) is 25.2 Å². The van der Waals surface area contributed by atoms with Crippen LogP contribution in [0.1, 0.15) is 37.6 Å². The van der Waals surface area contributed by atoms with E-state index in [2.05, 4.69) is 56.0 Å². The van der Waals surface area contributed by atoms with Crippen molar-refractivity contribution in [2.45, 2.75) is 49.2 Å². The molecule has 0 aliphatic rings. The second kappa shape index (κ2) is 11.3. The molecule has 10 heteroatoms. The molecule has 0 fully saturated rings. The molecule has 35 heavy (non-hydrogen) atoms. The molecular formula is C25H27N5O2S3. The number of hydrogen-bond donors (Lipinski definition) is 1. The third-order valence-electron chi connectivity index (χ3n) is 5.42. The minimum absolute atomic E-state index is 0.668. The van der Waals surface area contributed by atoms with Crippen molar-refractivity contribution in [3.63, 3.8) is 0 Å². The molecule has 1 N–H and O–H groups in total. The van der Waals surface area contributed by atoms with E-state index in [0.717, 1.165) is 38.2 Å². The Labute approximate surface area is 217 Å². The second-order valence-electron chi connectivity index (χ2n) is 8.47. The molecule has 182 valence electrons. The van der Waals surface area contributed by atoms with Gasteiger partial charge in [-0.05, 0) is 31.4 Å². The third kappa shape index (κ3) is 6.65. The molecule has 1 aromatic carbocycles. The highest BCUT2D eigenvalue weighted by atomic mass is 32.2. The number of anilines is 1. The molecule has 4 rings (SSSR count). The number of aliphatic carboxylic acids is 1. The van der Waals surface area contributed by atoms with E-state index in [4.69, 9.17) is 0 Å². The SMILES string of the molecule is CCc1cnc(N(CCc2csc(SC(C)(C)C(=O)O)n2)Cc2ccc(-c3nccs3)cc2)nc1. The van der Waals surface area contributed by atoms with Crippen LogP contribution < -0.4 is 4.90 Å². The normalized spacial score (nSPS) is 11.5. The molecule has 0 radical (unpaired) electrons. The number of nitrogens with zero attached hydrogens (tertiary/aromatic N) is 5. The van der Waals surface area contributed by atoms with Gasteiger partial charge in [-0.25, -0.2) is 19.9 Å². The summed E-state index contributed by atoms with van der Waals surface area (Å²) in [5.41, 5.74) is 4.30. The molecule has 0 saturated heterocycles. The van der Waals surface area contributed by atoms with Crippen LogP contribution in [0.15, 0.2) is 58.0 Å². The standard InChI is InChI=1S/C25H27N5O2S3/c1-4-17-13-27-23(28-14-17)30(15-18-5-7-19(8-6-18)21-26-10-12-33-21)11-9-20-16-34-24(29-20)35-25(2,3)22(31)32/h5-8,10,12-14,16H,4,9,11,15H2,1-3H3,(H,31,32). The summed E-state index contributed by atoms with van der Waals surface area (Å²) in [6, 6.07) is 8.44. The fraction of sp³-hybridized carbons (Fsp3) is 0.320. The van der Waals surface area contributed by atoms with Crippen molar-refractivity contribution < 1.29 is 9.90 Å². The summed E-state index contributed by atoms with van der Waals surface area (Å²) in [4.78, 5) is 31.9. The number of thiazole rings is 2. The van der Waals surface area contributed by atoms with Crippen LogP contribution in [0, 0.1) is 0 Å². The number of rotatable bonds is 11. The van der Waals surface area contributed by atoms with Gasteiger partial charge in [0.15, 0.2) is 4.34 Å². The number of carboxylic acids is 1. The molecule has 0 unspecified atom stereocenters. The first-order valence-corrected chi connectivity index (χ1v) is 13.8. The lowest BCUT2D eigenvalue weighted by Gasteiger charge is -2.22. The van der Waals surface area contributed by atoms with Gasteiger partial charge >= 0.3 is 5.97 Å². The van der Waals surface area contributed by atoms with Crippen molar-refractivity contribution in [3.8, 4) is 10.6 Å². The minimum atomic E-state index is -0.916. The number of aryl methyl sites for hydroxylation is 1. The average Bonchev–Trinajstić information content (AvgIpc) is 3.54. The first-order valence-electron chi connectivity index (χ1n) is 11.3. The van der Waals surface area contributed by atoms with Gasteiger partial charge in [0.25, 0.3) is 0 Å². The number of aromatic nitrogens is 4. The zero-order valence-corrected chi connectivity index (χ0v) is 22.3. The highest BCUT2D eigenvalue weighted by molar-refractivity contribution is 8.03. The highest BCUT2D eigenvalue weighted by Gasteiger charge is 2.29. The van der Waals surface area contributed by atoms with Crippen molar-refractivity contribution in [1.82, 2.24) is 19.9 Å². The van der Waals surface area contributed by atoms with Crippen LogP contribution in [0.4, 0.5) is 5.95 Å². The van der Waals surface area contributed by atoms with Gasteiger partial charge in [-0.1, -0.05) is 43.0 Å². The zero-order chi connectivity index (χ0) is 24.8. The Morgan fingerprint density at radius 3 is 2.46 bits per heavy atom. The first-order chi connectivity index (χ1) is 16.8. The van der Waals surface area contributed by atoms with Crippen molar-refractivity contribution in [2.75, 3.05) is 11.4 Å². The van der Waals surface area contributed by atoms with Gasteiger partial charge < -0.3 is 10.0 Å². The third-order valence-corrected chi connectivity index (χ3v) is 8.41. The van der Waals surface area contributed by atoms with E-state index in [1.807, 2.05) is 29.4 Å². The Bertz CT molecular complexity index is 1240. The molecule has 3 aromatic heterocycles. The van der Waals surface area contributed by atoms with Crippen LogP contribution in [0.25, 0.3) is 10.6 Å². The van der Waals surface area contributed by atoms with Crippen LogP contribution in [-0.4, -0.2) is 42.3 Å². The number of benzene rings is 1. The summed E-state index contributed by atoms with van der Waals surface area (Å²) in [6.45, 7) is 6.83. The minimum Gasteiger partial charge on any atom is -0.480 e. The topological polar surface area (TPSA) is 92.1 Å². The first kappa shape index (κ1) is 25.3. The van der Waals surface area contributed by atoms with Gasteiger partial charge in [0.05, 0.1) is 5.69 Å². The van der Waals surface area contributed by atoms with E-state index >= 15 is 0 Å². The van der Waals surface area contributed by atoms with Crippen LogP contribution in [0.2, 0.25) is 0 Å². The molecule has 0 saturated carbocycles. The Kier molecular flexibility index (Phi) is 8.15. The molecule has 0 aliphatic carbocycles. The predicted octanol–water partition coefficient (Wildman–Crippen LogP) is 5.82. The van der Waals surface area contributed by atoms with Gasteiger partial charge in [0.2, 0.25) is 5.95 Å². The second-order valence-corrected chi connectivity index (χ2v) is 12.1. The zero-order valence-electron chi connectivity index (χ0n) is 19.8. The number of carbonyl (C=O) groups is 1. The molecule has 0 amide bonds. The van der Waals surface area contributed by atoms with Crippen molar-refractivity contribution in [3.05, 3.63) is 70.4 Å². The summed E-state index contributed by atoms with van der Waals surface area (Å²) >= 11 is 4.39. The molecule has 0 atom stereocenters. The summed E-state index contributed by atoms with van der Waals surface area (Å²) in [5, 5.41) is 14.4. The van der Waals surface area contributed by atoms with E-state index in [9.17, 15) is 9.90 Å².